The van der Waals surface area contributed by atoms with Gasteiger partial charge in [0, 0.05) is 25.6 Å². The molecular formula is C13H17N3O. The molecule has 90 valence electrons. The number of fused-ring (bicyclic) bond motifs is 1. The van der Waals surface area contributed by atoms with E-state index in [1.54, 1.807) is 7.11 Å². The molecule has 2 aliphatic rings. The number of benzene rings is 1. The zero-order chi connectivity index (χ0) is 11.7. The van der Waals surface area contributed by atoms with Crippen LogP contribution in [0.5, 0.6) is 5.75 Å². The summed E-state index contributed by atoms with van der Waals surface area (Å²) >= 11 is 0. The van der Waals surface area contributed by atoms with Crippen LogP contribution in [0.25, 0.3) is 0 Å². The molecule has 0 aliphatic carbocycles. The van der Waals surface area contributed by atoms with Gasteiger partial charge in [0.15, 0.2) is 5.96 Å². The third-order valence-corrected chi connectivity index (χ3v) is 3.43. The minimum atomic E-state index is 0.480. The van der Waals surface area contributed by atoms with Gasteiger partial charge in [0.25, 0.3) is 0 Å². The van der Waals surface area contributed by atoms with E-state index < -0.39 is 0 Å². The van der Waals surface area contributed by atoms with Crippen molar-refractivity contribution in [2.24, 2.45) is 4.99 Å². The van der Waals surface area contributed by atoms with E-state index in [0.717, 1.165) is 37.9 Å². The van der Waals surface area contributed by atoms with Crippen LogP contribution < -0.4 is 10.1 Å². The molecule has 1 N–H and O–H groups in total. The summed E-state index contributed by atoms with van der Waals surface area (Å²) in [6, 6.07) is 8.32. The molecule has 4 heteroatoms. The van der Waals surface area contributed by atoms with Gasteiger partial charge in [-0.05, 0) is 17.7 Å². The number of guanidine groups is 1. The van der Waals surface area contributed by atoms with Crippen molar-refractivity contribution >= 4 is 5.96 Å². The summed E-state index contributed by atoms with van der Waals surface area (Å²) in [5.74, 6) is 2.48. The summed E-state index contributed by atoms with van der Waals surface area (Å²) in [7, 11) is 1.71. The van der Waals surface area contributed by atoms with Gasteiger partial charge >= 0.3 is 0 Å². The first-order valence-electron chi connectivity index (χ1n) is 6.04. The second kappa shape index (κ2) is 4.28. The average molecular weight is 231 g/mol. The van der Waals surface area contributed by atoms with Gasteiger partial charge in [-0.3, -0.25) is 4.99 Å². The second-order valence-electron chi connectivity index (χ2n) is 4.51. The Morgan fingerprint density at radius 3 is 3.29 bits per heavy atom. The molecule has 2 aliphatic heterocycles. The Kier molecular flexibility index (Phi) is 2.63. The average Bonchev–Trinajstić information content (AvgIpc) is 2.86. The third kappa shape index (κ3) is 1.95. The summed E-state index contributed by atoms with van der Waals surface area (Å²) in [6.45, 7) is 4.01. The highest BCUT2D eigenvalue weighted by molar-refractivity contribution is 5.82. The minimum absolute atomic E-state index is 0.480. The zero-order valence-electron chi connectivity index (χ0n) is 10.0. The lowest BCUT2D eigenvalue weighted by atomic mass is 9.97. The molecule has 1 aromatic carbocycles. The normalized spacial score (nSPS) is 22.8. The Morgan fingerprint density at radius 2 is 2.41 bits per heavy atom. The Bertz CT molecular complexity index is 444. The molecule has 0 bridgehead atoms. The van der Waals surface area contributed by atoms with Gasteiger partial charge in [-0.1, -0.05) is 12.1 Å². The number of hydrogen-bond acceptors (Lipinski definition) is 4. The molecule has 0 radical (unpaired) electrons. The molecule has 17 heavy (non-hydrogen) atoms. The molecule has 0 saturated carbocycles. The molecule has 3 rings (SSSR count). The Labute approximate surface area is 101 Å². The molecule has 0 aromatic heterocycles. The summed E-state index contributed by atoms with van der Waals surface area (Å²) in [4.78, 5) is 6.92. The van der Waals surface area contributed by atoms with Crippen LogP contribution in [0.3, 0.4) is 0 Å². The van der Waals surface area contributed by atoms with E-state index in [0.29, 0.717) is 5.92 Å². The number of nitrogens with zero attached hydrogens (tertiary/aromatic N) is 2. The Balaban J connectivity index is 1.81. The molecule has 0 amide bonds. The van der Waals surface area contributed by atoms with Gasteiger partial charge in [-0.2, -0.15) is 0 Å². The van der Waals surface area contributed by atoms with Gasteiger partial charge < -0.3 is 15.0 Å². The molecular weight excluding hydrogens is 214 g/mol. The summed E-state index contributed by atoms with van der Waals surface area (Å²) in [6.07, 6.45) is 0. The van der Waals surface area contributed by atoms with Gasteiger partial charge in [-0.25, -0.2) is 0 Å². The van der Waals surface area contributed by atoms with Crippen LogP contribution in [0.2, 0.25) is 0 Å². The van der Waals surface area contributed by atoms with Crippen molar-refractivity contribution in [1.82, 2.24) is 10.2 Å². The van der Waals surface area contributed by atoms with Crippen LogP contribution in [0.4, 0.5) is 0 Å². The van der Waals surface area contributed by atoms with Crippen LogP contribution in [0, 0.1) is 0 Å². The van der Waals surface area contributed by atoms with E-state index in [9.17, 15) is 0 Å². The van der Waals surface area contributed by atoms with Gasteiger partial charge in [-0.15, -0.1) is 0 Å². The fourth-order valence-electron chi connectivity index (χ4n) is 2.48. The van der Waals surface area contributed by atoms with Crippen LogP contribution in [-0.2, 0) is 0 Å². The molecule has 0 spiro atoms. The lowest BCUT2D eigenvalue weighted by molar-refractivity contribution is 0.394. The number of methoxy groups -OCH3 is 1. The van der Waals surface area contributed by atoms with E-state index in [1.807, 2.05) is 6.07 Å². The minimum Gasteiger partial charge on any atom is -0.497 e. The van der Waals surface area contributed by atoms with Crippen molar-refractivity contribution in [2.45, 2.75) is 5.92 Å². The van der Waals surface area contributed by atoms with E-state index >= 15 is 0 Å². The van der Waals surface area contributed by atoms with E-state index in [-0.39, 0.29) is 0 Å². The van der Waals surface area contributed by atoms with Gasteiger partial charge in [0.05, 0.1) is 13.7 Å². The zero-order valence-corrected chi connectivity index (χ0v) is 10.0. The van der Waals surface area contributed by atoms with Crippen molar-refractivity contribution in [1.29, 1.82) is 0 Å². The van der Waals surface area contributed by atoms with Gasteiger partial charge in [0.1, 0.15) is 5.75 Å². The lowest BCUT2D eigenvalue weighted by Crippen LogP contribution is -2.38. The monoisotopic (exact) mass is 231 g/mol. The summed E-state index contributed by atoms with van der Waals surface area (Å²) in [5.41, 5.74) is 1.32. The highest BCUT2D eigenvalue weighted by atomic mass is 16.5. The molecule has 1 atom stereocenters. The standard InChI is InChI=1S/C13H17N3O/c1-17-12-4-2-3-10(7-12)11-8-15-13-14-5-6-16(13)9-11/h2-4,7,11H,5-6,8-9H2,1H3,(H,14,15). The van der Waals surface area contributed by atoms with Crippen molar-refractivity contribution in [3.05, 3.63) is 29.8 Å². The molecule has 2 heterocycles. The predicted molar refractivity (Wildman–Crippen MR) is 67.6 cm³/mol. The third-order valence-electron chi connectivity index (χ3n) is 3.43. The molecule has 1 unspecified atom stereocenters. The molecule has 4 nitrogen and oxygen atoms in total. The van der Waals surface area contributed by atoms with Crippen molar-refractivity contribution in [2.75, 3.05) is 33.3 Å². The van der Waals surface area contributed by atoms with E-state index in [2.05, 4.69) is 33.4 Å². The Morgan fingerprint density at radius 1 is 1.47 bits per heavy atom. The SMILES string of the molecule is COc1cccc(C2CN=C3NCCN3C2)c1. The highest BCUT2D eigenvalue weighted by Gasteiger charge is 2.26. The molecule has 1 fully saturated rings. The highest BCUT2D eigenvalue weighted by Crippen LogP contribution is 2.25. The maximum atomic E-state index is 5.27. The summed E-state index contributed by atoms with van der Waals surface area (Å²) < 4.78 is 5.27. The van der Waals surface area contributed by atoms with E-state index in [1.165, 1.54) is 5.56 Å². The van der Waals surface area contributed by atoms with Crippen molar-refractivity contribution < 1.29 is 4.74 Å². The first kappa shape index (κ1) is 10.4. The van der Waals surface area contributed by atoms with Crippen molar-refractivity contribution in [3.63, 3.8) is 0 Å². The largest absolute Gasteiger partial charge is 0.497 e. The fraction of sp³-hybridized carbons (Fsp3) is 0.462. The molecule has 1 saturated heterocycles. The number of ether oxygens (including phenoxy) is 1. The summed E-state index contributed by atoms with van der Waals surface area (Å²) in [5, 5.41) is 3.30. The van der Waals surface area contributed by atoms with Crippen LogP contribution in [0.15, 0.2) is 29.3 Å². The molecule has 1 aromatic rings. The maximum Gasteiger partial charge on any atom is 0.194 e. The number of rotatable bonds is 2. The maximum absolute atomic E-state index is 5.27. The second-order valence-corrected chi connectivity index (χ2v) is 4.51. The first-order valence-corrected chi connectivity index (χ1v) is 6.04. The van der Waals surface area contributed by atoms with Crippen LogP contribution >= 0.6 is 0 Å². The van der Waals surface area contributed by atoms with Crippen LogP contribution in [0.1, 0.15) is 11.5 Å². The van der Waals surface area contributed by atoms with Gasteiger partial charge in [0.2, 0.25) is 0 Å². The smallest absolute Gasteiger partial charge is 0.194 e. The van der Waals surface area contributed by atoms with Crippen molar-refractivity contribution in [3.8, 4) is 5.75 Å². The number of aliphatic imine (C=N–C) groups is 1. The predicted octanol–water partition coefficient (Wildman–Crippen LogP) is 1.05. The quantitative estimate of drug-likeness (QED) is 0.826. The topological polar surface area (TPSA) is 36.9 Å². The Hall–Kier alpha value is -1.71. The van der Waals surface area contributed by atoms with Crippen LogP contribution in [-0.4, -0.2) is 44.1 Å². The van der Waals surface area contributed by atoms with E-state index in [4.69, 9.17) is 4.74 Å². The number of hydrogen-bond donors (Lipinski definition) is 1. The first-order chi connectivity index (χ1) is 8.36. The fourth-order valence-corrected chi connectivity index (χ4v) is 2.48. The number of nitrogens with one attached hydrogen (secondary N) is 1. The lowest BCUT2D eigenvalue weighted by Gasteiger charge is -2.28.